The van der Waals surface area contributed by atoms with Crippen molar-refractivity contribution in [2.75, 3.05) is 7.11 Å². The summed E-state index contributed by atoms with van der Waals surface area (Å²) < 4.78 is 10.5. The van der Waals surface area contributed by atoms with Gasteiger partial charge in [0, 0.05) is 22.0 Å². The van der Waals surface area contributed by atoms with Gasteiger partial charge in [0.2, 0.25) is 0 Å². The SMILES string of the molecule is COC(=O)C1=C(C)NC(C)=C(C(=O)NC(C(=O)OC(C)(C)C)C(C)C)C1c1cccc(Cl)c1. The lowest BCUT2D eigenvalue weighted by atomic mass is 9.80. The van der Waals surface area contributed by atoms with Gasteiger partial charge in [0.05, 0.1) is 18.6 Å². The second-order valence-corrected chi connectivity index (χ2v) is 9.85. The minimum absolute atomic E-state index is 0.219. The summed E-state index contributed by atoms with van der Waals surface area (Å²) >= 11 is 6.23. The second-order valence-electron chi connectivity index (χ2n) is 9.41. The average molecular weight is 477 g/mol. The number of hydrogen-bond donors (Lipinski definition) is 2. The fraction of sp³-hybridized carbons (Fsp3) is 0.480. The third-order valence-electron chi connectivity index (χ3n) is 5.21. The molecule has 0 spiro atoms. The number of ether oxygens (including phenoxy) is 2. The van der Waals surface area contributed by atoms with Crippen LogP contribution in [-0.4, -0.2) is 36.6 Å². The van der Waals surface area contributed by atoms with Gasteiger partial charge in [-0.05, 0) is 58.2 Å². The summed E-state index contributed by atoms with van der Waals surface area (Å²) in [5, 5.41) is 6.41. The highest BCUT2D eigenvalue weighted by atomic mass is 35.5. The molecule has 2 unspecified atom stereocenters. The molecule has 0 bridgehead atoms. The van der Waals surface area contributed by atoms with Gasteiger partial charge in [-0.3, -0.25) is 4.79 Å². The van der Waals surface area contributed by atoms with Crippen molar-refractivity contribution in [2.24, 2.45) is 5.92 Å². The number of halogens is 1. The molecule has 0 aromatic heterocycles. The van der Waals surface area contributed by atoms with E-state index in [1.165, 1.54) is 7.11 Å². The van der Waals surface area contributed by atoms with Crippen LogP contribution in [0.15, 0.2) is 46.8 Å². The number of carbonyl (C=O) groups excluding carboxylic acids is 3. The Morgan fingerprint density at radius 2 is 1.70 bits per heavy atom. The van der Waals surface area contributed by atoms with Crippen LogP contribution in [-0.2, 0) is 23.9 Å². The Balaban J connectivity index is 2.54. The van der Waals surface area contributed by atoms with E-state index >= 15 is 0 Å². The predicted octanol–water partition coefficient (Wildman–Crippen LogP) is 4.23. The molecule has 8 heteroatoms. The van der Waals surface area contributed by atoms with Gasteiger partial charge in [-0.2, -0.15) is 0 Å². The Hall–Kier alpha value is -2.80. The summed E-state index contributed by atoms with van der Waals surface area (Å²) in [6.45, 7) is 12.5. The minimum atomic E-state index is -0.870. The van der Waals surface area contributed by atoms with Crippen molar-refractivity contribution in [3.05, 3.63) is 57.4 Å². The highest BCUT2D eigenvalue weighted by Gasteiger charge is 2.39. The molecule has 1 aromatic carbocycles. The molecule has 2 atom stereocenters. The van der Waals surface area contributed by atoms with Crippen LogP contribution in [0.4, 0.5) is 0 Å². The number of amides is 1. The third-order valence-corrected chi connectivity index (χ3v) is 5.44. The van der Waals surface area contributed by atoms with Gasteiger partial charge < -0.3 is 20.1 Å². The fourth-order valence-electron chi connectivity index (χ4n) is 3.78. The molecule has 1 aliphatic heterocycles. The zero-order valence-corrected chi connectivity index (χ0v) is 21.2. The van der Waals surface area contributed by atoms with Gasteiger partial charge >= 0.3 is 11.9 Å². The smallest absolute Gasteiger partial charge is 0.336 e. The number of methoxy groups -OCH3 is 1. The molecule has 7 nitrogen and oxygen atoms in total. The molecule has 0 fully saturated rings. The van der Waals surface area contributed by atoms with E-state index < -0.39 is 35.4 Å². The van der Waals surface area contributed by atoms with Crippen LogP contribution < -0.4 is 10.6 Å². The van der Waals surface area contributed by atoms with Crippen LogP contribution in [0.2, 0.25) is 5.02 Å². The first kappa shape index (κ1) is 26.5. The maximum Gasteiger partial charge on any atom is 0.336 e. The second kappa shape index (κ2) is 10.4. The van der Waals surface area contributed by atoms with E-state index in [1.807, 2.05) is 13.8 Å². The van der Waals surface area contributed by atoms with Crippen molar-refractivity contribution >= 4 is 29.4 Å². The molecule has 1 aromatic rings. The summed E-state index contributed by atoms with van der Waals surface area (Å²) in [5.74, 6) is -2.52. The van der Waals surface area contributed by atoms with Gasteiger partial charge in [-0.25, -0.2) is 9.59 Å². The Bertz CT molecular complexity index is 1000. The molecular formula is C25H33ClN2O5. The number of hydrogen-bond acceptors (Lipinski definition) is 6. The van der Waals surface area contributed by atoms with Crippen molar-refractivity contribution in [3.8, 4) is 0 Å². The molecule has 2 rings (SSSR count). The largest absolute Gasteiger partial charge is 0.466 e. The van der Waals surface area contributed by atoms with E-state index in [4.69, 9.17) is 21.1 Å². The van der Waals surface area contributed by atoms with Crippen LogP contribution in [0.5, 0.6) is 0 Å². The van der Waals surface area contributed by atoms with E-state index in [2.05, 4.69) is 10.6 Å². The summed E-state index contributed by atoms with van der Waals surface area (Å²) in [7, 11) is 1.29. The van der Waals surface area contributed by atoms with Crippen molar-refractivity contribution in [2.45, 2.75) is 66.0 Å². The molecule has 0 saturated carbocycles. The average Bonchev–Trinajstić information content (AvgIpc) is 2.69. The maximum absolute atomic E-state index is 13.6. The molecule has 2 N–H and O–H groups in total. The van der Waals surface area contributed by atoms with E-state index in [0.29, 0.717) is 33.1 Å². The fourth-order valence-corrected chi connectivity index (χ4v) is 3.98. The summed E-state index contributed by atoms with van der Waals surface area (Å²) in [5.41, 5.74) is 1.71. The molecule has 1 aliphatic rings. The first-order valence-corrected chi connectivity index (χ1v) is 11.2. The molecule has 180 valence electrons. The van der Waals surface area contributed by atoms with E-state index in [0.717, 1.165) is 0 Å². The molecule has 0 saturated heterocycles. The Labute approximate surface area is 200 Å². The molecule has 0 aliphatic carbocycles. The zero-order valence-electron chi connectivity index (χ0n) is 20.5. The maximum atomic E-state index is 13.6. The van der Waals surface area contributed by atoms with Crippen LogP contribution in [0.1, 0.15) is 59.9 Å². The van der Waals surface area contributed by atoms with Gasteiger partial charge in [0.15, 0.2) is 0 Å². The highest BCUT2D eigenvalue weighted by molar-refractivity contribution is 6.30. The lowest BCUT2D eigenvalue weighted by Gasteiger charge is -2.32. The highest BCUT2D eigenvalue weighted by Crippen LogP contribution is 2.39. The Morgan fingerprint density at radius 3 is 2.21 bits per heavy atom. The lowest BCUT2D eigenvalue weighted by Crippen LogP contribution is -2.49. The van der Waals surface area contributed by atoms with Crippen molar-refractivity contribution in [3.63, 3.8) is 0 Å². The van der Waals surface area contributed by atoms with E-state index in [9.17, 15) is 14.4 Å². The van der Waals surface area contributed by atoms with Crippen LogP contribution in [0.25, 0.3) is 0 Å². The number of rotatable bonds is 6. The number of benzene rings is 1. The topological polar surface area (TPSA) is 93.7 Å². The Kier molecular flexibility index (Phi) is 8.36. The molecule has 1 heterocycles. The third kappa shape index (κ3) is 6.38. The molecule has 0 radical (unpaired) electrons. The first-order chi connectivity index (χ1) is 15.3. The number of allylic oxidation sites excluding steroid dienone is 2. The van der Waals surface area contributed by atoms with E-state index in [-0.39, 0.29) is 5.92 Å². The number of dihydropyridines is 1. The zero-order chi connectivity index (χ0) is 25.1. The van der Waals surface area contributed by atoms with Crippen LogP contribution in [0.3, 0.4) is 0 Å². The monoisotopic (exact) mass is 476 g/mol. The molecular weight excluding hydrogens is 444 g/mol. The number of esters is 2. The summed E-state index contributed by atoms with van der Waals surface area (Å²) in [6.07, 6.45) is 0. The van der Waals surface area contributed by atoms with E-state index in [1.54, 1.807) is 58.9 Å². The van der Waals surface area contributed by atoms with Crippen LogP contribution >= 0.6 is 11.6 Å². The van der Waals surface area contributed by atoms with Gasteiger partial charge in [0.1, 0.15) is 11.6 Å². The van der Waals surface area contributed by atoms with Crippen molar-refractivity contribution in [1.29, 1.82) is 0 Å². The number of nitrogens with one attached hydrogen (secondary N) is 2. The lowest BCUT2D eigenvalue weighted by molar-refractivity contribution is -0.159. The number of carbonyl (C=O) groups is 3. The van der Waals surface area contributed by atoms with Gasteiger partial charge in [-0.1, -0.05) is 37.6 Å². The Morgan fingerprint density at radius 1 is 1.09 bits per heavy atom. The quantitative estimate of drug-likeness (QED) is 0.597. The molecule has 1 amide bonds. The van der Waals surface area contributed by atoms with Gasteiger partial charge in [0.25, 0.3) is 5.91 Å². The van der Waals surface area contributed by atoms with Gasteiger partial charge in [-0.15, -0.1) is 0 Å². The summed E-state index contributed by atoms with van der Waals surface area (Å²) in [4.78, 5) is 39.1. The van der Waals surface area contributed by atoms with Crippen molar-refractivity contribution in [1.82, 2.24) is 10.6 Å². The van der Waals surface area contributed by atoms with Crippen LogP contribution in [0, 0.1) is 5.92 Å². The normalized spacial score (nSPS) is 17.5. The predicted molar refractivity (Wildman–Crippen MR) is 127 cm³/mol. The first-order valence-electron chi connectivity index (χ1n) is 10.8. The van der Waals surface area contributed by atoms with Crippen molar-refractivity contribution < 1.29 is 23.9 Å². The summed E-state index contributed by atoms with van der Waals surface area (Å²) in [6, 6.07) is 6.11. The minimum Gasteiger partial charge on any atom is -0.466 e. The molecule has 33 heavy (non-hydrogen) atoms. The standard InChI is InChI=1S/C25H33ClN2O5/c1-13(2)21(24(31)33-25(5,6)7)28-22(29)18-14(3)27-15(4)19(23(30)32-8)20(18)16-10-9-11-17(26)12-16/h9-13,20-21,27H,1-8H3,(H,28,29).